The molecule has 1 atom stereocenters. The second kappa shape index (κ2) is 10.5. The summed E-state index contributed by atoms with van der Waals surface area (Å²) in [5.74, 6) is 1.24. The summed E-state index contributed by atoms with van der Waals surface area (Å²) in [6.07, 6.45) is 1.72. The Hall–Kier alpha value is -2.54. The van der Waals surface area contributed by atoms with Gasteiger partial charge in [-0.1, -0.05) is 41.1 Å². The zero-order valence-electron chi connectivity index (χ0n) is 17.3. The number of nitrogens with one attached hydrogen (secondary N) is 1. The first kappa shape index (κ1) is 22.2. The highest BCUT2D eigenvalue weighted by Gasteiger charge is 2.26. The summed E-state index contributed by atoms with van der Waals surface area (Å²) in [6, 6.07) is 13.0. The largest absolute Gasteiger partial charge is 0.454 e. The van der Waals surface area contributed by atoms with Crippen LogP contribution in [0.25, 0.3) is 0 Å². The summed E-state index contributed by atoms with van der Waals surface area (Å²) < 4.78 is 11.7. The van der Waals surface area contributed by atoms with Crippen LogP contribution in [0.1, 0.15) is 37.8 Å². The predicted octanol–water partition coefficient (Wildman–Crippen LogP) is 4.05. The molecule has 1 aliphatic rings. The Morgan fingerprint density at radius 1 is 1.10 bits per heavy atom. The molecule has 1 aliphatic heterocycles. The molecule has 0 bridgehead atoms. The molecule has 160 valence electrons. The van der Waals surface area contributed by atoms with Gasteiger partial charge >= 0.3 is 0 Å². The zero-order valence-corrected chi connectivity index (χ0v) is 18.9. The highest BCUT2D eigenvalue weighted by Crippen LogP contribution is 2.32. The number of fused-ring (bicyclic) bond motifs is 1. The number of rotatable bonds is 9. The normalized spacial score (nSPS) is 13.0. The van der Waals surface area contributed by atoms with E-state index in [1.807, 2.05) is 49.4 Å². The van der Waals surface area contributed by atoms with Crippen LogP contribution < -0.4 is 14.8 Å². The van der Waals surface area contributed by atoms with E-state index in [0.29, 0.717) is 31.7 Å². The average molecular weight is 475 g/mol. The van der Waals surface area contributed by atoms with Crippen LogP contribution in [0.2, 0.25) is 0 Å². The summed E-state index contributed by atoms with van der Waals surface area (Å²) >= 11 is 3.43. The van der Waals surface area contributed by atoms with E-state index in [1.54, 1.807) is 11.8 Å². The van der Waals surface area contributed by atoms with Gasteiger partial charge in [-0.25, -0.2) is 0 Å². The lowest BCUT2D eigenvalue weighted by atomic mass is 10.1. The van der Waals surface area contributed by atoms with Gasteiger partial charge in [0, 0.05) is 24.0 Å². The molecule has 0 aliphatic carbocycles. The second-order valence-electron chi connectivity index (χ2n) is 7.30. The number of hydrogen-bond acceptors (Lipinski definition) is 4. The zero-order chi connectivity index (χ0) is 21.5. The van der Waals surface area contributed by atoms with E-state index in [9.17, 15) is 9.59 Å². The van der Waals surface area contributed by atoms with Crippen LogP contribution in [0.5, 0.6) is 11.5 Å². The minimum atomic E-state index is -0.551. The third-order valence-electron chi connectivity index (χ3n) is 5.05. The molecule has 1 N–H and O–H groups in total. The fraction of sp³-hybridized carbons (Fsp3) is 0.391. The molecule has 2 aromatic carbocycles. The molecule has 7 heteroatoms. The molecule has 1 heterocycles. The molecule has 0 saturated carbocycles. The van der Waals surface area contributed by atoms with Gasteiger partial charge in [-0.15, -0.1) is 0 Å². The minimum absolute atomic E-state index is 0.0604. The third kappa shape index (κ3) is 5.75. The summed E-state index contributed by atoms with van der Waals surface area (Å²) in [5, 5.41) is 2.89. The van der Waals surface area contributed by atoms with Gasteiger partial charge in [0.15, 0.2) is 11.5 Å². The summed E-state index contributed by atoms with van der Waals surface area (Å²) in [7, 11) is 0. The second-order valence-corrected chi connectivity index (χ2v) is 8.22. The van der Waals surface area contributed by atoms with Crippen molar-refractivity contribution in [2.24, 2.45) is 0 Å². The van der Waals surface area contributed by atoms with Gasteiger partial charge in [-0.3, -0.25) is 9.59 Å². The summed E-state index contributed by atoms with van der Waals surface area (Å²) in [5.41, 5.74) is 1.98. The smallest absolute Gasteiger partial charge is 0.242 e. The van der Waals surface area contributed by atoms with Crippen molar-refractivity contribution in [1.82, 2.24) is 10.2 Å². The number of hydrogen-bond donors (Lipinski definition) is 1. The Kier molecular flexibility index (Phi) is 7.74. The van der Waals surface area contributed by atoms with Crippen molar-refractivity contribution in [1.29, 1.82) is 0 Å². The van der Waals surface area contributed by atoms with Crippen molar-refractivity contribution in [3.05, 3.63) is 58.1 Å². The molecule has 0 fully saturated rings. The van der Waals surface area contributed by atoms with Gasteiger partial charge in [-0.2, -0.15) is 0 Å². The minimum Gasteiger partial charge on any atom is -0.454 e. The number of carbonyl (C=O) groups is 2. The standard InChI is InChI=1S/C23H27BrN2O4/c1-3-12-25-23(28)16(2)26(14-18-4-8-19(24)9-5-18)22(27)11-7-17-6-10-20-21(13-17)30-15-29-20/h4-6,8-10,13,16H,3,7,11-12,14-15H2,1-2H3,(H,25,28)/t16-/m1/s1. The van der Waals surface area contributed by atoms with E-state index in [1.165, 1.54) is 0 Å². The lowest BCUT2D eigenvalue weighted by molar-refractivity contribution is -0.140. The number of aryl methyl sites for hydroxylation is 1. The van der Waals surface area contributed by atoms with E-state index >= 15 is 0 Å². The Bertz CT molecular complexity index is 885. The molecule has 0 radical (unpaired) electrons. The number of nitrogens with zero attached hydrogens (tertiary/aromatic N) is 1. The Labute approximate surface area is 185 Å². The Morgan fingerprint density at radius 3 is 2.53 bits per heavy atom. The van der Waals surface area contributed by atoms with E-state index in [-0.39, 0.29) is 18.6 Å². The van der Waals surface area contributed by atoms with Gasteiger partial charge < -0.3 is 19.7 Å². The molecular formula is C23H27BrN2O4. The van der Waals surface area contributed by atoms with Crippen LogP contribution in [0.15, 0.2) is 46.9 Å². The molecule has 6 nitrogen and oxygen atoms in total. The maximum Gasteiger partial charge on any atom is 0.242 e. The van der Waals surface area contributed by atoms with Gasteiger partial charge in [0.2, 0.25) is 18.6 Å². The third-order valence-corrected chi connectivity index (χ3v) is 5.58. The maximum absolute atomic E-state index is 13.1. The lowest BCUT2D eigenvalue weighted by Crippen LogP contribution is -2.47. The monoisotopic (exact) mass is 474 g/mol. The molecule has 2 aromatic rings. The topological polar surface area (TPSA) is 67.9 Å². The van der Waals surface area contributed by atoms with E-state index in [4.69, 9.17) is 9.47 Å². The van der Waals surface area contributed by atoms with Crippen molar-refractivity contribution in [3.63, 3.8) is 0 Å². The quantitative estimate of drug-likeness (QED) is 0.594. The van der Waals surface area contributed by atoms with Gasteiger partial charge in [0.1, 0.15) is 6.04 Å². The van der Waals surface area contributed by atoms with Gasteiger partial charge in [-0.05, 0) is 55.2 Å². The van der Waals surface area contributed by atoms with E-state index < -0.39 is 6.04 Å². The highest BCUT2D eigenvalue weighted by molar-refractivity contribution is 9.10. The Balaban J connectivity index is 1.69. The van der Waals surface area contributed by atoms with Crippen molar-refractivity contribution in [2.75, 3.05) is 13.3 Å². The van der Waals surface area contributed by atoms with Crippen LogP contribution in [0.3, 0.4) is 0 Å². The first-order chi connectivity index (χ1) is 14.5. The molecule has 0 aromatic heterocycles. The molecular weight excluding hydrogens is 448 g/mol. The van der Waals surface area contributed by atoms with Gasteiger partial charge in [0.05, 0.1) is 0 Å². The Morgan fingerprint density at radius 2 is 1.80 bits per heavy atom. The van der Waals surface area contributed by atoms with Crippen molar-refractivity contribution >= 4 is 27.7 Å². The van der Waals surface area contributed by atoms with Crippen LogP contribution in [0, 0.1) is 0 Å². The van der Waals surface area contributed by atoms with E-state index in [0.717, 1.165) is 27.8 Å². The predicted molar refractivity (Wildman–Crippen MR) is 118 cm³/mol. The number of ether oxygens (including phenoxy) is 2. The highest BCUT2D eigenvalue weighted by atomic mass is 79.9. The average Bonchev–Trinajstić information content (AvgIpc) is 3.22. The summed E-state index contributed by atoms with van der Waals surface area (Å²) in [6.45, 7) is 4.99. The number of halogens is 1. The lowest BCUT2D eigenvalue weighted by Gasteiger charge is -2.29. The fourth-order valence-electron chi connectivity index (χ4n) is 3.26. The van der Waals surface area contributed by atoms with Crippen LogP contribution in [0.4, 0.5) is 0 Å². The number of amides is 2. The first-order valence-electron chi connectivity index (χ1n) is 10.2. The maximum atomic E-state index is 13.1. The molecule has 0 saturated heterocycles. The molecule has 0 unspecified atom stereocenters. The van der Waals surface area contributed by atoms with E-state index in [2.05, 4.69) is 21.2 Å². The number of benzene rings is 2. The van der Waals surface area contributed by atoms with Crippen LogP contribution in [-0.2, 0) is 22.6 Å². The van der Waals surface area contributed by atoms with Crippen molar-refractivity contribution in [2.45, 2.75) is 45.7 Å². The van der Waals surface area contributed by atoms with Crippen LogP contribution in [-0.4, -0.2) is 36.1 Å². The molecule has 0 spiro atoms. The summed E-state index contributed by atoms with van der Waals surface area (Å²) in [4.78, 5) is 27.3. The SMILES string of the molecule is CCCNC(=O)[C@@H](C)N(Cc1ccc(Br)cc1)C(=O)CCc1ccc2c(c1)OCO2. The van der Waals surface area contributed by atoms with Crippen molar-refractivity contribution in [3.8, 4) is 11.5 Å². The van der Waals surface area contributed by atoms with Crippen LogP contribution >= 0.6 is 15.9 Å². The molecule has 2 amide bonds. The fourth-order valence-corrected chi connectivity index (χ4v) is 3.52. The molecule has 30 heavy (non-hydrogen) atoms. The van der Waals surface area contributed by atoms with Crippen molar-refractivity contribution < 1.29 is 19.1 Å². The molecule has 3 rings (SSSR count). The first-order valence-corrected chi connectivity index (χ1v) is 11.0. The number of carbonyl (C=O) groups excluding carboxylic acids is 2. The van der Waals surface area contributed by atoms with Gasteiger partial charge in [0.25, 0.3) is 0 Å².